The summed E-state index contributed by atoms with van der Waals surface area (Å²) < 4.78 is 5.68. The maximum Gasteiger partial charge on any atom is 0.220 e. The zero-order valence-corrected chi connectivity index (χ0v) is 13.1. The minimum absolute atomic E-state index is 0.0501. The SMILES string of the molecule is CCc1cc(C2CCOc3cc(Cl)cc(Cl)c32)nc(N)n1. The van der Waals surface area contributed by atoms with Crippen LogP contribution in [0.4, 0.5) is 5.95 Å². The first-order valence-corrected chi connectivity index (χ1v) is 7.59. The maximum absolute atomic E-state index is 6.37. The second-order valence-electron chi connectivity index (χ2n) is 4.99. The van der Waals surface area contributed by atoms with Crippen molar-refractivity contribution in [2.75, 3.05) is 12.3 Å². The highest BCUT2D eigenvalue weighted by Crippen LogP contribution is 2.43. The lowest BCUT2D eigenvalue weighted by Gasteiger charge is -2.27. The van der Waals surface area contributed by atoms with E-state index in [0.717, 1.165) is 35.5 Å². The Balaban J connectivity index is 2.12. The fraction of sp³-hybridized carbons (Fsp3) is 0.333. The normalized spacial score (nSPS) is 17.2. The number of aryl methyl sites for hydroxylation is 1. The van der Waals surface area contributed by atoms with Gasteiger partial charge in [0, 0.05) is 27.2 Å². The van der Waals surface area contributed by atoms with Gasteiger partial charge in [-0.2, -0.15) is 0 Å². The second kappa shape index (κ2) is 5.70. The van der Waals surface area contributed by atoms with Gasteiger partial charge >= 0.3 is 0 Å². The van der Waals surface area contributed by atoms with Crippen LogP contribution in [0.1, 0.15) is 36.2 Å². The molecule has 1 aromatic carbocycles. The fourth-order valence-electron chi connectivity index (χ4n) is 2.64. The van der Waals surface area contributed by atoms with Crippen molar-refractivity contribution in [2.24, 2.45) is 0 Å². The van der Waals surface area contributed by atoms with Gasteiger partial charge in [0.15, 0.2) is 0 Å². The fourth-order valence-corrected chi connectivity index (χ4v) is 3.25. The van der Waals surface area contributed by atoms with E-state index in [1.807, 2.05) is 13.0 Å². The second-order valence-corrected chi connectivity index (χ2v) is 5.83. The molecule has 2 N–H and O–H groups in total. The zero-order valence-electron chi connectivity index (χ0n) is 11.6. The summed E-state index contributed by atoms with van der Waals surface area (Å²) in [4.78, 5) is 8.61. The van der Waals surface area contributed by atoms with Gasteiger partial charge in [-0.15, -0.1) is 0 Å². The Hall–Kier alpha value is -1.52. The molecule has 0 radical (unpaired) electrons. The number of benzene rings is 1. The Morgan fingerprint density at radius 2 is 2.10 bits per heavy atom. The first-order chi connectivity index (χ1) is 10.1. The van der Waals surface area contributed by atoms with E-state index in [1.165, 1.54) is 0 Å². The molecule has 0 amide bonds. The highest BCUT2D eigenvalue weighted by molar-refractivity contribution is 6.35. The number of halogens is 2. The van der Waals surface area contributed by atoms with Crippen LogP contribution in [0, 0.1) is 0 Å². The number of fused-ring (bicyclic) bond motifs is 1. The third-order valence-electron chi connectivity index (χ3n) is 3.60. The van der Waals surface area contributed by atoms with E-state index < -0.39 is 0 Å². The van der Waals surface area contributed by atoms with Gasteiger partial charge in [-0.3, -0.25) is 0 Å². The lowest BCUT2D eigenvalue weighted by molar-refractivity contribution is 0.276. The van der Waals surface area contributed by atoms with Crippen LogP contribution in [0.15, 0.2) is 18.2 Å². The molecule has 1 atom stereocenters. The standard InChI is InChI=1S/C15H15Cl2N3O/c1-2-9-7-12(20-15(18)19-9)10-3-4-21-13-6-8(16)5-11(17)14(10)13/h5-7,10H,2-4H2,1H3,(H2,18,19,20). The van der Waals surface area contributed by atoms with Gasteiger partial charge in [0.25, 0.3) is 0 Å². The average Bonchev–Trinajstić information content (AvgIpc) is 2.45. The van der Waals surface area contributed by atoms with Crippen molar-refractivity contribution in [1.29, 1.82) is 0 Å². The molecule has 3 rings (SSSR count). The Morgan fingerprint density at radius 3 is 2.86 bits per heavy atom. The Kier molecular flexibility index (Phi) is 3.91. The van der Waals surface area contributed by atoms with Crippen molar-refractivity contribution in [1.82, 2.24) is 9.97 Å². The molecular formula is C15H15Cl2N3O. The molecule has 2 aromatic rings. The van der Waals surface area contributed by atoms with Crippen LogP contribution < -0.4 is 10.5 Å². The molecule has 0 fully saturated rings. The number of ether oxygens (including phenoxy) is 1. The summed E-state index contributed by atoms with van der Waals surface area (Å²) >= 11 is 12.4. The van der Waals surface area contributed by atoms with E-state index in [9.17, 15) is 0 Å². The predicted octanol–water partition coefficient (Wildman–Crippen LogP) is 3.84. The van der Waals surface area contributed by atoms with Crippen LogP contribution in [0.25, 0.3) is 0 Å². The molecular weight excluding hydrogens is 309 g/mol. The van der Waals surface area contributed by atoms with Gasteiger partial charge in [0.2, 0.25) is 5.95 Å². The lowest BCUT2D eigenvalue weighted by atomic mass is 9.89. The molecule has 0 aliphatic carbocycles. The van der Waals surface area contributed by atoms with Crippen LogP contribution in [0.2, 0.25) is 10.0 Å². The van der Waals surface area contributed by atoms with E-state index >= 15 is 0 Å². The van der Waals surface area contributed by atoms with Crippen molar-refractivity contribution in [3.63, 3.8) is 0 Å². The number of aromatic nitrogens is 2. The molecule has 0 saturated heterocycles. The monoisotopic (exact) mass is 323 g/mol. The molecule has 6 heteroatoms. The highest BCUT2D eigenvalue weighted by Gasteiger charge is 2.28. The van der Waals surface area contributed by atoms with Gasteiger partial charge in [-0.1, -0.05) is 30.1 Å². The van der Waals surface area contributed by atoms with E-state index in [-0.39, 0.29) is 5.92 Å². The number of hydrogen-bond donors (Lipinski definition) is 1. The van der Waals surface area contributed by atoms with Gasteiger partial charge in [-0.05, 0) is 31.0 Å². The predicted molar refractivity (Wildman–Crippen MR) is 84.2 cm³/mol. The molecule has 21 heavy (non-hydrogen) atoms. The molecule has 0 bridgehead atoms. The van der Waals surface area contributed by atoms with E-state index in [2.05, 4.69) is 9.97 Å². The molecule has 1 aliphatic heterocycles. The molecule has 1 aromatic heterocycles. The lowest BCUT2D eigenvalue weighted by Crippen LogP contribution is -2.18. The molecule has 0 saturated carbocycles. The number of hydrogen-bond acceptors (Lipinski definition) is 4. The number of nitrogens with zero attached hydrogens (tertiary/aromatic N) is 2. The summed E-state index contributed by atoms with van der Waals surface area (Å²) in [7, 11) is 0. The number of rotatable bonds is 2. The van der Waals surface area contributed by atoms with E-state index in [0.29, 0.717) is 22.6 Å². The van der Waals surface area contributed by atoms with Crippen molar-refractivity contribution in [3.05, 3.63) is 45.2 Å². The smallest absolute Gasteiger partial charge is 0.220 e. The minimum Gasteiger partial charge on any atom is -0.493 e. The third kappa shape index (κ3) is 2.78. The van der Waals surface area contributed by atoms with Crippen LogP contribution in [-0.4, -0.2) is 16.6 Å². The first-order valence-electron chi connectivity index (χ1n) is 6.83. The van der Waals surface area contributed by atoms with E-state index in [4.69, 9.17) is 33.7 Å². The Bertz CT molecular complexity index is 691. The summed E-state index contributed by atoms with van der Waals surface area (Å²) in [6, 6.07) is 5.51. The van der Waals surface area contributed by atoms with Crippen LogP contribution in [0.3, 0.4) is 0 Å². The van der Waals surface area contributed by atoms with Crippen molar-refractivity contribution >= 4 is 29.2 Å². The molecule has 110 valence electrons. The summed E-state index contributed by atoms with van der Waals surface area (Å²) in [5.74, 6) is 1.07. The Morgan fingerprint density at radius 1 is 1.29 bits per heavy atom. The minimum atomic E-state index is 0.0501. The Labute approximate surface area is 133 Å². The summed E-state index contributed by atoms with van der Waals surface area (Å²) in [6.07, 6.45) is 1.61. The average molecular weight is 324 g/mol. The van der Waals surface area contributed by atoms with Gasteiger partial charge in [0.05, 0.1) is 12.3 Å². The zero-order chi connectivity index (χ0) is 15.0. The van der Waals surface area contributed by atoms with E-state index in [1.54, 1.807) is 12.1 Å². The van der Waals surface area contributed by atoms with Crippen LogP contribution in [0.5, 0.6) is 5.75 Å². The first kappa shape index (κ1) is 14.4. The molecule has 4 nitrogen and oxygen atoms in total. The molecule has 2 heterocycles. The highest BCUT2D eigenvalue weighted by atomic mass is 35.5. The quantitative estimate of drug-likeness (QED) is 0.912. The molecule has 1 unspecified atom stereocenters. The number of anilines is 1. The van der Waals surface area contributed by atoms with Crippen LogP contribution in [-0.2, 0) is 6.42 Å². The molecule has 1 aliphatic rings. The summed E-state index contributed by atoms with van der Waals surface area (Å²) in [5, 5.41) is 1.16. The van der Waals surface area contributed by atoms with Gasteiger partial charge < -0.3 is 10.5 Å². The van der Waals surface area contributed by atoms with Crippen molar-refractivity contribution in [3.8, 4) is 5.75 Å². The van der Waals surface area contributed by atoms with Crippen molar-refractivity contribution < 1.29 is 4.74 Å². The number of nitrogens with two attached hydrogens (primary N) is 1. The topological polar surface area (TPSA) is 61.0 Å². The summed E-state index contributed by atoms with van der Waals surface area (Å²) in [5.41, 5.74) is 8.55. The third-order valence-corrected chi connectivity index (χ3v) is 4.14. The number of nitrogen functional groups attached to an aromatic ring is 1. The summed E-state index contributed by atoms with van der Waals surface area (Å²) in [6.45, 7) is 2.63. The van der Waals surface area contributed by atoms with Gasteiger partial charge in [0.1, 0.15) is 5.75 Å². The van der Waals surface area contributed by atoms with Crippen LogP contribution >= 0.6 is 23.2 Å². The maximum atomic E-state index is 6.37. The van der Waals surface area contributed by atoms with Crippen molar-refractivity contribution in [2.45, 2.75) is 25.7 Å². The largest absolute Gasteiger partial charge is 0.493 e. The molecule has 0 spiro atoms. The van der Waals surface area contributed by atoms with Gasteiger partial charge in [-0.25, -0.2) is 9.97 Å².